The SMILES string of the molecule is CCCN(Cc1ccc(Cl)cc1)S(=O)(=O)c1ccc(C)cc1. The fourth-order valence-electron chi connectivity index (χ4n) is 2.19. The summed E-state index contributed by atoms with van der Waals surface area (Å²) in [6, 6.07) is 14.2. The van der Waals surface area contributed by atoms with Crippen molar-refractivity contribution < 1.29 is 8.42 Å². The number of benzene rings is 2. The first-order valence-electron chi connectivity index (χ1n) is 7.24. The van der Waals surface area contributed by atoms with Gasteiger partial charge in [-0.05, 0) is 43.2 Å². The standard InChI is InChI=1S/C17H20ClNO2S/c1-3-12-19(13-15-6-8-16(18)9-7-15)22(20,21)17-10-4-14(2)5-11-17/h4-11H,3,12-13H2,1-2H3. The molecule has 0 saturated heterocycles. The Kier molecular flexibility index (Phi) is 5.62. The summed E-state index contributed by atoms with van der Waals surface area (Å²) in [5, 5.41) is 0.646. The van der Waals surface area contributed by atoms with Crippen LogP contribution in [0.25, 0.3) is 0 Å². The molecule has 118 valence electrons. The molecule has 2 aromatic rings. The van der Waals surface area contributed by atoms with Gasteiger partial charge in [0.15, 0.2) is 0 Å². The molecule has 0 unspecified atom stereocenters. The van der Waals surface area contributed by atoms with E-state index in [2.05, 4.69) is 0 Å². The first-order valence-corrected chi connectivity index (χ1v) is 9.06. The molecule has 0 heterocycles. The third kappa shape index (κ3) is 4.09. The summed E-state index contributed by atoms with van der Waals surface area (Å²) >= 11 is 5.88. The Morgan fingerprint density at radius 3 is 2.14 bits per heavy atom. The van der Waals surface area contributed by atoms with Gasteiger partial charge in [-0.25, -0.2) is 8.42 Å². The molecule has 2 aromatic carbocycles. The molecule has 0 aromatic heterocycles. The van der Waals surface area contributed by atoms with Crippen LogP contribution in [-0.4, -0.2) is 19.3 Å². The number of sulfonamides is 1. The van der Waals surface area contributed by atoms with Crippen LogP contribution in [0.5, 0.6) is 0 Å². The van der Waals surface area contributed by atoms with E-state index < -0.39 is 10.0 Å². The summed E-state index contributed by atoms with van der Waals surface area (Å²) in [7, 11) is -3.49. The van der Waals surface area contributed by atoms with Crippen molar-refractivity contribution >= 4 is 21.6 Å². The van der Waals surface area contributed by atoms with Crippen molar-refractivity contribution in [1.82, 2.24) is 4.31 Å². The monoisotopic (exact) mass is 337 g/mol. The largest absolute Gasteiger partial charge is 0.243 e. The Labute approximate surface area is 137 Å². The normalized spacial score (nSPS) is 11.8. The van der Waals surface area contributed by atoms with Gasteiger partial charge in [-0.1, -0.05) is 48.4 Å². The maximum absolute atomic E-state index is 12.8. The van der Waals surface area contributed by atoms with Crippen LogP contribution in [0.4, 0.5) is 0 Å². The lowest BCUT2D eigenvalue weighted by Gasteiger charge is -2.22. The van der Waals surface area contributed by atoms with Gasteiger partial charge in [0.2, 0.25) is 10.0 Å². The van der Waals surface area contributed by atoms with Gasteiger partial charge in [-0.3, -0.25) is 0 Å². The van der Waals surface area contributed by atoms with Crippen molar-refractivity contribution in [2.24, 2.45) is 0 Å². The Balaban J connectivity index is 2.29. The van der Waals surface area contributed by atoms with E-state index in [1.807, 2.05) is 38.1 Å². The van der Waals surface area contributed by atoms with Crippen LogP contribution in [-0.2, 0) is 16.6 Å². The van der Waals surface area contributed by atoms with E-state index in [1.54, 1.807) is 24.3 Å². The first kappa shape index (κ1) is 17.0. The molecule has 0 bridgehead atoms. The van der Waals surface area contributed by atoms with Crippen LogP contribution in [0.2, 0.25) is 5.02 Å². The Morgan fingerprint density at radius 2 is 1.59 bits per heavy atom. The van der Waals surface area contributed by atoms with Crippen LogP contribution >= 0.6 is 11.6 Å². The highest BCUT2D eigenvalue weighted by Gasteiger charge is 2.23. The molecular formula is C17H20ClNO2S. The second kappa shape index (κ2) is 7.27. The third-order valence-corrected chi connectivity index (χ3v) is 5.52. The Bertz CT molecular complexity index is 709. The summed E-state index contributed by atoms with van der Waals surface area (Å²) < 4.78 is 27.1. The predicted molar refractivity (Wildman–Crippen MR) is 90.5 cm³/mol. The smallest absolute Gasteiger partial charge is 0.207 e. The van der Waals surface area contributed by atoms with Crippen LogP contribution in [0.15, 0.2) is 53.4 Å². The van der Waals surface area contributed by atoms with Crippen molar-refractivity contribution in [2.45, 2.75) is 31.7 Å². The van der Waals surface area contributed by atoms with E-state index in [1.165, 1.54) is 4.31 Å². The number of aryl methyl sites for hydroxylation is 1. The molecule has 0 aliphatic rings. The molecule has 0 aliphatic carbocycles. The highest BCUT2D eigenvalue weighted by Crippen LogP contribution is 2.20. The van der Waals surface area contributed by atoms with Gasteiger partial charge in [0.25, 0.3) is 0 Å². The van der Waals surface area contributed by atoms with Crippen LogP contribution in [0.1, 0.15) is 24.5 Å². The van der Waals surface area contributed by atoms with E-state index in [0.29, 0.717) is 23.0 Å². The molecule has 2 rings (SSSR count). The lowest BCUT2D eigenvalue weighted by atomic mass is 10.2. The van der Waals surface area contributed by atoms with Crippen LogP contribution < -0.4 is 0 Å². The van der Waals surface area contributed by atoms with Crippen molar-refractivity contribution in [3.8, 4) is 0 Å². The van der Waals surface area contributed by atoms with Gasteiger partial charge in [-0.15, -0.1) is 0 Å². The maximum Gasteiger partial charge on any atom is 0.243 e. The zero-order valence-electron chi connectivity index (χ0n) is 12.8. The van der Waals surface area contributed by atoms with E-state index >= 15 is 0 Å². The molecule has 0 aliphatic heterocycles. The summed E-state index contributed by atoms with van der Waals surface area (Å²) in [5.74, 6) is 0. The van der Waals surface area contributed by atoms with Gasteiger partial charge in [0.1, 0.15) is 0 Å². The van der Waals surface area contributed by atoms with Crippen molar-refractivity contribution in [3.63, 3.8) is 0 Å². The third-order valence-electron chi connectivity index (χ3n) is 3.40. The van der Waals surface area contributed by atoms with E-state index in [9.17, 15) is 8.42 Å². The average molecular weight is 338 g/mol. The van der Waals surface area contributed by atoms with Crippen LogP contribution in [0.3, 0.4) is 0 Å². The molecule has 22 heavy (non-hydrogen) atoms. The number of hydrogen-bond acceptors (Lipinski definition) is 2. The zero-order valence-corrected chi connectivity index (χ0v) is 14.4. The number of hydrogen-bond donors (Lipinski definition) is 0. The molecule has 0 radical (unpaired) electrons. The summed E-state index contributed by atoms with van der Waals surface area (Å²) in [6.45, 7) is 4.74. The van der Waals surface area contributed by atoms with Gasteiger partial charge < -0.3 is 0 Å². The summed E-state index contributed by atoms with van der Waals surface area (Å²) in [6.07, 6.45) is 0.763. The average Bonchev–Trinajstić information content (AvgIpc) is 2.49. The maximum atomic E-state index is 12.8. The van der Waals surface area contributed by atoms with Gasteiger partial charge in [0.05, 0.1) is 4.90 Å². The molecule has 0 atom stereocenters. The second-order valence-corrected chi connectivity index (χ2v) is 7.65. The second-order valence-electron chi connectivity index (χ2n) is 5.28. The number of rotatable bonds is 6. The van der Waals surface area contributed by atoms with Crippen LogP contribution in [0, 0.1) is 6.92 Å². The number of nitrogens with zero attached hydrogens (tertiary/aromatic N) is 1. The molecule has 3 nitrogen and oxygen atoms in total. The topological polar surface area (TPSA) is 37.4 Å². The molecule has 0 amide bonds. The highest BCUT2D eigenvalue weighted by molar-refractivity contribution is 7.89. The van der Waals surface area contributed by atoms with Crippen molar-refractivity contribution in [1.29, 1.82) is 0 Å². The molecule has 0 spiro atoms. The van der Waals surface area contributed by atoms with E-state index in [-0.39, 0.29) is 0 Å². The lowest BCUT2D eigenvalue weighted by molar-refractivity contribution is 0.405. The van der Waals surface area contributed by atoms with Crippen molar-refractivity contribution in [2.75, 3.05) is 6.54 Å². The first-order chi connectivity index (χ1) is 10.4. The molecular weight excluding hydrogens is 318 g/mol. The number of halogens is 1. The summed E-state index contributed by atoms with van der Waals surface area (Å²) in [4.78, 5) is 0.334. The van der Waals surface area contributed by atoms with Gasteiger partial charge >= 0.3 is 0 Å². The highest BCUT2D eigenvalue weighted by atomic mass is 35.5. The fourth-order valence-corrected chi connectivity index (χ4v) is 3.83. The van der Waals surface area contributed by atoms with E-state index in [0.717, 1.165) is 17.5 Å². The lowest BCUT2D eigenvalue weighted by Crippen LogP contribution is -2.31. The molecule has 0 N–H and O–H groups in total. The Hall–Kier alpha value is -1.36. The minimum absolute atomic E-state index is 0.334. The fraction of sp³-hybridized carbons (Fsp3) is 0.294. The van der Waals surface area contributed by atoms with Gasteiger partial charge in [-0.2, -0.15) is 4.31 Å². The molecule has 0 saturated carbocycles. The van der Waals surface area contributed by atoms with Crippen molar-refractivity contribution in [3.05, 3.63) is 64.7 Å². The predicted octanol–water partition coefficient (Wildman–Crippen LogP) is 4.25. The molecule has 0 fully saturated rings. The minimum Gasteiger partial charge on any atom is -0.207 e. The molecule has 5 heteroatoms. The Morgan fingerprint density at radius 1 is 1.00 bits per heavy atom. The summed E-state index contributed by atoms with van der Waals surface area (Å²) in [5.41, 5.74) is 1.97. The van der Waals surface area contributed by atoms with Gasteiger partial charge in [0, 0.05) is 18.1 Å². The zero-order chi connectivity index (χ0) is 16.2. The quantitative estimate of drug-likeness (QED) is 0.790. The minimum atomic E-state index is -3.49. The van der Waals surface area contributed by atoms with E-state index in [4.69, 9.17) is 11.6 Å².